The highest BCUT2D eigenvalue weighted by molar-refractivity contribution is 7.16. The van der Waals surface area contributed by atoms with Crippen molar-refractivity contribution in [1.82, 2.24) is 9.55 Å². The first-order valence-electron chi connectivity index (χ1n) is 8.33. The van der Waals surface area contributed by atoms with E-state index in [1.165, 1.54) is 18.4 Å². The summed E-state index contributed by atoms with van der Waals surface area (Å²) in [7, 11) is 3.26. The summed E-state index contributed by atoms with van der Waals surface area (Å²) in [6.45, 7) is 4.13. The summed E-state index contributed by atoms with van der Waals surface area (Å²) in [4.78, 5) is 29.6. The van der Waals surface area contributed by atoms with Crippen LogP contribution in [0.3, 0.4) is 0 Å². The van der Waals surface area contributed by atoms with E-state index < -0.39 is 5.97 Å². The number of benzene rings is 1. The van der Waals surface area contributed by atoms with Gasteiger partial charge in [0.05, 0.1) is 7.11 Å². The summed E-state index contributed by atoms with van der Waals surface area (Å²) in [5, 5.41) is 4.27. The molecule has 0 aliphatic rings. The number of methoxy groups -OCH3 is 1. The summed E-state index contributed by atoms with van der Waals surface area (Å²) in [6, 6.07) is 7.53. The maximum absolute atomic E-state index is 12.6. The topological polar surface area (TPSA) is 73.2 Å². The Balaban J connectivity index is 1.86. The van der Waals surface area contributed by atoms with Crippen molar-refractivity contribution in [3.05, 3.63) is 46.6 Å². The van der Waals surface area contributed by atoms with Gasteiger partial charge in [0.15, 0.2) is 10.8 Å². The highest BCUT2D eigenvalue weighted by Gasteiger charge is 2.21. The fourth-order valence-corrected chi connectivity index (χ4v) is 3.90. The van der Waals surface area contributed by atoms with Crippen LogP contribution in [-0.2, 0) is 18.2 Å². The minimum Gasteiger partial charge on any atom is -0.464 e. The summed E-state index contributed by atoms with van der Waals surface area (Å²) in [5.74, 6) is -0.376. The molecule has 1 aromatic carbocycles. The number of hydrogen-bond acceptors (Lipinski definition) is 5. The molecule has 26 heavy (non-hydrogen) atoms. The zero-order valence-electron chi connectivity index (χ0n) is 15.2. The standard InChI is InChI=1S/C19H21N3O3S/c1-11(2)9-15-16(18(24)25-4)20-19(26-15)21-17(23)13-6-5-12-7-8-22(3)14(12)10-13/h5-8,10-11H,9H2,1-4H3,(H,20,21,23). The van der Waals surface area contributed by atoms with E-state index in [0.717, 1.165) is 15.8 Å². The second kappa shape index (κ2) is 7.29. The molecule has 0 aliphatic carbocycles. The zero-order valence-corrected chi connectivity index (χ0v) is 16.0. The molecule has 0 fully saturated rings. The van der Waals surface area contributed by atoms with Gasteiger partial charge in [-0.3, -0.25) is 10.1 Å². The first-order valence-corrected chi connectivity index (χ1v) is 9.15. The molecule has 3 rings (SSSR count). The van der Waals surface area contributed by atoms with Crippen LogP contribution in [0.25, 0.3) is 10.9 Å². The van der Waals surface area contributed by atoms with E-state index in [1.54, 1.807) is 6.07 Å². The molecular weight excluding hydrogens is 350 g/mol. The van der Waals surface area contributed by atoms with Crippen LogP contribution < -0.4 is 5.32 Å². The van der Waals surface area contributed by atoms with Crippen LogP contribution in [0.15, 0.2) is 30.5 Å². The Bertz CT molecular complexity index is 972. The molecule has 0 bridgehead atoms. The molecule has 6 nitrogen and oxygen atoms in total. The molecule has 3 aromatic rings. The smallest absolute Gasteiger partial charge is 0.357 e. The SMILES string of the molecule is COC(=O)c1nc(NC(=O)c2ccc3ccn(C)c3c2)sc1CC(C)C. The van der Waals surface area contributed by atoms with Gasteiger partial charge >= 0.3 is 5.97 Å². The first-order chi connectivity index (χ1) is 12.4. The lowest BCUT2D eigenvalue weighted by Gasteiger charge is -2.03. The molecule has 1 N–H and O–H groups in total. The molecule has 0 unspecified atom stereocenters. The fourth-order valence-electron chi connectivity index (χ4n) is 2.74. The van der Waals surface area contributed by atoms with Crippen molar-refractivity contribution < 1.29 is 14.3 Å². The minimum absolute atomic E-state index is 0.255. The van der Waals surface area contributed by atoms with Crippen molar-refractivity contribution in [2.24, 2.45) is 13.0 Å². The van der Waals surface area contributed by atoms with Gasteiger partial charge in [-0.15, -0.1) is 11.3 Å². The van der Waals surface area contributed by atoms with Crippen molar-refractivity contribution in [2.45, 2.75) is 20.3 Å². The molecule has 0 spiro atoms. The van der Waals surface area contributed by atoms with Crippen LogP contribution in [0.5, 0.6) is 0 Å². The Kier molecular flexibility index (Phi) is 5.08. The lowest BCUT2D eigenvalue weighted by molar-refractivity contribution is 0.0593. The predicted octanol–water partition coefficient (Wildman–Crippen LogP) is 3.87. The molecule has 136 valence electrons. The van der Waals surface area contributed by atoms with Gasteiger partial charge in [0.2, 0.25) is 0 Å². The number of thiazole rings is 1. The molecular formula is C19H21N3O3S. The van der Waals surface area contributed by atoms with Crippen LogP contribution in [-0.4, -0.2) is 28.5 Å². The lowest BCUT2D eigenvalue weighted by Crippen LogP contribution is -2.12. The maximum Gasteiger partial charge on any atom is 0.357 e. The Labute approximate surface area is 155 Å². The van der Waals surface area contributed by atoms with Crippen LogP contribution in [0.4, 0.5) is 5.13 Å². The van der Waals surface area contributed by atoms with Gasteiger partial charge in [-0.2, -0.15) is 0 Å². The Morgan fingerprint density at radius 2 is 2.08 bits per heavy atom. The number of fused-ring (bicyclic) bond motifs is 1. The molecule has 0 saturated heterocycles. The van der Waals surface area contributed by atoms with E-state index in [9.17, 15) is 9.59 Å². The summed E-state index contributed by atoms with van der Waals surface area (Å²) in [5.41, 5.74) is 1.80. The van der Waals surface area contributed by atoms with Crippen LogP contribution in [0.1, 0.15) is 39.6 Å². The number of amides is 1. The number of nitrogens with one attached hydrogen (secondary N) is 1. The quantitative estimate of drug-likeness (QED) is 0.691. The van der Waals surface area contributed by atoms with Gasteiger partial charge in [0, 0.05) is 29.2 Å². The van der Waals surface area contributed by atoms with Gasteiger partial charge in [-0.1, -0.05) is 19.9 Å². The highest BCUT2D eigenvalue weighted by Crippen LogP contribution is 2.27. The maximum atomic E-state index is 12.6. The third-order valence-electron chi connectivity index (χ3n) is 4.04. The summed E-state index contributed by atoms with van der Waals surface area (Å²) < 4.78 is 6.77. The number of rotatable bonds is 5. The summed E-state index contributed by atoms with van der Waals surface area (Å²) in [6.07, 6.45) is 2.65. The summed E-state index contributed by atoms with van der Waals surface area (Å²) >= 11 is 1.31. The van der Waals surface area contributed by atoms with E-state index in [0.29, 0.717) is 23.0 Å². The predicted molar refractivity (Wildman–Crippen MR) is 103 cm³/mol. The van der Waals surface area contributed by atoms with E-state index in [2.05, 4.69) is 24.1 Å². The zero-order chi connectivity index (χ0) is 18.8. The average Bonchev–Trinajstić information content (AvgIpc) is 3.17. The van der Waals surface area contributed by atoms with Crippen LogP contribution in [0, 0.1) is 5.92 Å². The number of anilines is 1. The van der Waals surface area contributed by atoms with Gasteiger partial charge in [-0.25, -0.2) is 9.78 Å². The van der Waals surface area contributed by atoms with Crippen molar-refractivity contribution in [3.63, 3.8) is 0 Å². The highest BCUT2D eigenvalue weighted by atomic mass is 32.1. The van der Waals surface area contributed by atoms with Crippen molar-refractivity contribution >= 4 is 39.2 Å². The third-order valence-corrected chi connectivity index (χ3v) is 5.03. The average molecular weight is 371 g/mol. The molecule has 0 aliphatic heterocycles. The third kappa shape index (κ3) is 3.62. The second-order valence-corrected chi connectivity index (χ2v) is 7.62. The van der Waals surface area contributed by atoms with Gasteiger partial charge in [0.1, 0.15) is 0 Å². The number of esters is 1. The normalized spacial score (nSPS) is 11.1. The first kappa shape index (κ1) is 18.1. The Hall–Kier alpha value is -2.67. The van der Waals surface area contributed by atoms with Gasteiger partial charge in [0.25, 0.3) is 5.91 Å². The van der Waals surface area contributed by atoms with E-state index in [4.69, 9.17) is 4.74 Å². The second-order valence-electron chi connectivity index (χ2n) is 6.53. The number of carbonyl (C=O) groups is 2. The van der Waals surface area contributed by atoms with E-state index >= 15 is 0 Å². The molecule has 0 radical (unpaired) electrons. The number of hydrogen-bond donors (Lipinski definition) is 1. The Morgan fingerprint density at radius 1 is 1.31 bits per heavy atom. The molecule has 2 aromatic heterocycles. The largest absolute Gasteiger partial charge is 0.464 e. The molecule has 0 saturated carbocycles. The van der Waals surface area contributed by atoms with Gasteiger partial charge in [-0.05, 0) is 35.9 Å². The van der Waals surface area contributed by atoms with E-state index in [-0.39, 0.29) is 11.6 Å². The molecule has 2 heterocycles. The number of carbonyl (C=O) groups excluding carboxylic acids is 2. The van der Waals surface area contributed by atoms with Crippen molar-refractivity contribution in [1.29, 1.82) is 0 Å². The monoisotopic (exact) mass is 371 g/mol. The van der Waals surface area contributed by atoms with E-state index in [1.807, 2.05) is 36.0 Å². The number of ether oxygens (including phenoxy) is 1. The van der Waals surface area contributed by atoms with Crippen molar-refractivity contribution in [3.8, 4) is 0 Å². The molecule has 0 atom stereocenters. The molecule has 1 amide bonds. The number of aromatic nitrogens is 2. The lowest BCUT2D eigenvalue weighted by atomic mass is 10.1. The number of nitrogens with zero attached hydrogens (tertiary/aromatic N) is 2. The number of aryl methyl sites for hydroxylation is 1. The van der Waals surface area contributed by atoms with Crippen LogP contribution in [0.2, 0.25) is 0 Å². The van der Waals surface area contributed by atoms with Crippen molar-refractivity contribution in [2.75, 3.05) is 12.4 Å². The fraction of sp³-hybridized carbons (Fsp3) is 0.316. The Morgan fingerprint density at radius 3 is 2.77 bits per heavy atom. The minimum atomic E-state index is -0.484. The molecule has 7 heteroatoms. The van der Waals surface area contributed by atoms with Gasteiger partial charge < -0.3 is 9.30 Å². The van der Waals surface area contributed by atoms with Crippen LogP contribution >= 0.6 is 11.3 Å².